The van der Waals surface area contributed by atoms with Gasteiger partial charge in [-0.25, -0.2) is 0 Å². The Kier molecular flexibility index (Phi) is 42.5. The minimum Gasteiger partial charge on any atom is -0.508 e. The van der Waals surface area contributed by atoms with E-state index in [-0.39, 0.29) is 63.2 Å². The summed E-state index contributed by atoms with van der Waals surface area (Å²) in [5, 5.41) is 76.9. The number of primary amides is 1. The fourth-order valence-corrected chi connectivity index (χ4v) is 16.5. The lowest BCUT2D eigenvalue weighted by molar-refractivity contribution is -0.148. The molecule has 2 heterocycles. The first-order valence-corrected chi connectivity index (χ1v) is 47.4. The molecule has 1 aliphatic heterocycles. The molecule has 0 bridgehead atoms. The zero-order valence-electron chi connectivity index (χ0n) is 80.2. The van der Waals surface area contributed by atoms with Gasteiger partial charge in [0.1, 0.15) is 90.3 Å². The lowest BCUT2D eigenvalue weighted by atomic mass is 9.97. The van der Waals surface area contributed by atoms with Crippen LogP contribution in [0.15, 0.2) is 170 Å². The van der Waals surface area contributed by atoms with Crippen molar-refractivity contribution in [2.24, 2.45) is 35.1 Å². The number of nitrogens with one attached hydrogen (secondary N) is 16. The van der Waals surface area contributed by atoms with E-state index < -0.39 is 246 Å². The van der Waals surface area contributed by atoms with Gasteiger partial charge in [-0.05, 0) is 107 Å². The molecule has 14 atom stereocenters. The van der Waals surface area contributed by atoms with E-state index in [1.807, 2.05) is 30.3 Å². The summed E-state index contributed by atoms with van der Waals surface area (Å²) in [7, 11) is 2.62. The number of carbonyl (C=O) groups excluding carboxylic acids is 16. The van der Waals surface area contributed by atoms with Crippen LogP contribution in [0.2, 0.25) is 0 Å². The molecule has 40 nitrogen and oxygen atoms in total. The number of phenols is 1. The summed E-state index contributed by atoms with van der Waals surface area (Å²) in [6.07, 6.45) is -1.29. The molecule has 16 amide bonds. The number of amides is 16. The third-order valence-corrected chi connectivity index (χ3v) is 24.6. The van der Waals surface area contributed by atoms with Gasteiger partial charge in [0.15, 0.2) is 5.96 Å². The standard InChI is InChI=1S/C99H130N20O20S/c1-54(2)42-70-90(131)115-83(56(5)6)96(137)113-76(51-120)92(133)114-77(85(126)105-50-79(100)122)52-140-53-80(123)106-71(43-59-24-15-12-16-25-59)86(127)108-72(45-62-35-39-66(121)40-36-62)88(129)110-75(48-81(124)125)89(130)109-74(47-65-49-104-68-31-22-21-30-67(65)68)91(132)116-82(55(3)4)94(135)112-73(44-61-33-37-64(38-34-61)63-28-19-14-20-29-63)87(128)107-69(32-23-41-103-99(101)102)98(139)118(10)58(9)97(138)119(11)78(46-60-26-17-13-18-27-60)93(134)117-84(57(7)8)95(136)111-70/h12-22,24-31,33-40,49,54-58,69-78,82-84,104,120-121H,23,32,41-48,50-53H2,1-11H3,(H2,100,122)(H,105,126)(H,106,123)(H,107,128)(H,108,127)(H,109,130)(H,110,129)(H,111,136)(H,112,135)(H,113,137)(H,114,133)(H,115,131)(H,116,132)(H,117,134)(H,124,125)(H4,101,102,103)/t58-,69-,70-,71-,72-,73-,74-,75-,76-,77-,78-,82-,83-,84-/m0/s1. The maximum Gasteiger partial charge on any atom is 0.305 e. The zero-order valence-corrected chi connectivity index (χ0v) is 81.0. The van der Waals surface area contributed by atoms with Crippen LogP contribution in [0.4, 0.5) is 0 Å². The van der Waals surface area contributed by atoms with Gasteiger partial charge in [0, 0.05) is 75.6 Å². The third kappa shape index (κ3) is 33.8. The highest BCUT2D eigenvalue weighted by atomic mass is 32.2. The molecule has 1 aromatic heterocycles. The number of rotatable bonds is 26. The van der Waals surface area contributed by atoms with Crippen molar-refractivity contribution < 1.29 is 96.8 Å². The van der Waals surface area contributed by atoms with E-state index in [4.69, 9.17) is 16.9 Å². The second-order valence-corrected chi connectivity index (χ2v) is 37.1. The monoisotopic (exact) mass is 1950 g/mol. The number of fused-ring (bicyclic) bond motifs is 1. The number of benzene rings is 6. The van der Waals surface area contributed by atoms with Crippen molar-refractivity contribution in [2.75, 3.05) is 45.3 Å². The molecule has 0 aliphatic carbocycles. The van der Waals surface area contributed by atoms with Crippen LogP contribution < -0.4 is 85.9 Å². The van der Waals surface area contributed by atoms with Crippen LogP contribution in [-0.2, 0) is 114 Å². The number of hydrogen-bond acceptors (Lipinski definition) is 21. The van der Waals surface area contributed by atoms with Crippen LogP contribution in [0, 0.1) is 29.1 Å². The van der Waals surface area contributed by atoms with Crippen molar-refractivity contribution in [3.63, 3.8) is 0 Å². The van der Waals surface area contributed by atoms with Gasteiger partial charge in [0.05, 0.1) is 25.3 Å². The lowest BCUT2D eigenvalue weighted by Gasteiger charge is -2.35. The topological polar surface area (TPSA) is 617 Å². The minimum atomic E-state index is -2.08. The number of aliphatic carboxylic acids is 1. The van der Waals surface area contributed by atoms with Crippen LogP contribution in [0.1, 0.15) is 116 Å². The number of likely N-dealkylation sites (N-methyl/N-ethyl adjacent to an activating group) is 2. The highest BCUT2D eigenvalue weighted by Gasteiger charge is 2.42. The molecule has 1 fully saturated rings. The Labute approximate surface area is 816 Å². The number of guanidine groups is 1. The third-order valence-electron chi connectivity index (χ3n) is 23.6. The number of H-pyrrole nitrogens is 1. The van der Waals surface area contributed by atoms with Crippen molar-refractivity contribution in [3.8, 4) is 16.9 Å². The van der Waals surface area contributed by atoms with Gasteiger partial charge in [-0.2, -0.15) is 0 Å². The Hall–Kier alpha value is -14.8. The van der Waals surface area contributed by atoms with Gasteiger partial charge in [-0.15, -0.1) is 11.8 Å². The number of thioether (sulfide) groups is 1. The summed E-state index contributed by atoms with van der Waals surface area (Å²) in [5.41, 5.74) is 15.5. The quantitative estimate of drug-likeness (QED) is 0.0201. The molecule has 0 radical (unpaired) electrons. The number of nitrogens with zero attached hydrogens (tertiary/aromatic N) is 2. The van der Waals surface area contributed by atoms with Gasteiger partial charge in [-0.3, -0.25) is 86.9 Å². The number of hydrogen-bond donors (Lipinski definition) is 21. The second kappa shape index (κ2) is 53.8. The number of carbonyl (C=O) groups is 17. The molecule has 0 unspecified atom stereocenters. The number of para-hydroxylation sites is 1. The Bertz CT molecular complexity index is 5480. The number of aliphatic hydroxyl groups excluding tert-OH is 1. The van der Waals surface area contributed by atoms with E-state index in [0.29, 0.717) is 50.5 Å². The van der Waals surface area contributed by atoms with Gasteiger partial charge in [0.2, 0.25) is 94.5 Å². The number of aromatic hydroxyl groups is 1. The number of carboxylic acids is 1. The molecule has 1 saturated heterocycles. The fraction of sp³-hybridized carbons (Fsp3) is 0.434. The van der Waals surface area contributed by atoms with Crippen LogP contribution in [0.5, 0.6) is 5.75 Å². The molecule has 41 heteroatoms. The summed E-state index contributed by atoms with van der Waals surface area (Å²) >= 11 is 0.716. The summed E-state index contributed by atoms with van der Waals surface area (Å²) in [6.45, 7) is 12.5. The smallest absolute Gasteiger partial charge is 0.305 e. The molecular formula is C99H130N20O20S. The van der Waals surface area contributed by atoms with Crippen molar-refractivity contribution in [2.45, 2.75) is 205 Å². The highest BCUT2D eigenvalue weighted by molar-refractivity contribution is 8.00. The van der Waals surface area contributed by atoms with Crippen LogP contribution in [-0.4, -0.2) is 266 Å². The maximum absolute atomic E-state index is 15.6. The van der Waals surface area contributed by atoms with E-state index in [9.17, 15) is 53.7 Å². The number of nitrogens with two attached hydrogens (primary N) is 2. The summed E-state index contributed by atoms with van der Waals surface area (Å²) < 4.78 is 0. The van der Waals surface area contributed by atoms with Gasteiger partial charge in [0.25, 0.3) is 0 Å². The Morgan fingerprint density at radius 2 is 0.879 bits per heavy atom. The van der Waals surface area contributed by atoms with Crippen LogP contribution >= 0.6 is 11.8 Å². The van der Waals surface area contributed by atoms with E-state index in [1.165, 1.54) is 45.3 Å². The number of phenolic OH excluding ortho intramolecular Hbond substituents is 1. The molecule has 8 rings (SSSR count). The fourth-order valence-electron chi connectivity index (χ4n) is 15.6. The number of aliphatic hydroxyl groups is 1. The van der Waals surface area contributed by atoms with E-state index in [1.54, 1.807) is 171 Å². The first-order valence-electron chi connectivity index (χ1n) is 46.3. The summed E-state index contributed by atoms with van der Waals surface area (Å²) in [5.74, 6) is -21.8. The average Bonchev–Trinajstić information content (AvgIpc) is 1.79. The van der Waals surface area contributed by atoms with Gasteiger partial charge >= 0.3 is 5.97 Å². The SMILES string of the molecule is CC(C)C[C@@H]1NC(=O)[C@H](C(C)C)NC(=O)[C@H](Cc2ccccc2)N(C)C(=O)[C@H](C)N(C)C(=O)[C@H](CCCNC(=N)N)NC(=O)[C@H](Cc2ccc(-c3ccccc3)cc2)NC(=O)[C@H](C(C)C)NC(=O)[C@H](Cc2c[nH]c3ccccc23)NC(=O)[C@H](CC(=O)O)NC(=O)[C@H](Cc2ccc(O)cc2)NC(=O)[C@H](Cc2ccccc2)NC(=O)CSC[C@@H](C(=O)NCC(N)=O)NC(=O)[C@H](CO)NC(=O)[C@H](C(C)C)NC1=O. The van der Waals surface area contributed by atoms with Crippen LogP contribution in [0.25, 0.3) is 22.0 Å². The predicted molar refractivity (Wildman–Crippen MR) is 524 cm³/mol. The van der Waals surface area contributed by atoms with Gasteiger partial charge in [-0.1, -0.05) is 201 Å². The Morgan fingerprint density at radius 1 is 0.457 bits per heavy atom. The summed E-state index contributed by atoms with van der Waals surface area (Å²) in [4.78, 5) is 255. The lowest BCUT2D eigenvalue weighted by Crippen LogP contribution is -2.62. The molecule has 0 spiro atoms. The first-order chi connectivity index (χ1) is 66.5. The van der Waals surface area contributed by atoms with Crippen LogP contribution in [0.3, 0.4) is 0 Å². The molecule has 1 aliphatic rings. The van der Waals surface area contributed by atoms with Crippen molar-refractivity contribution >= 4 is 129 Å². The molecule has 0 saturated carbocycles. The van der Waals surface area contributed by atoms with Crippen molar-refractivity contribution in [1.82, 2.24) is 89.2 Å². The normalized spacial score (nSPS) is 22.7. The maximum atomic E-state index is 15.6. The Balaban J connectivity index is 1.22. The Morgan fingerprint density at radius 3 is 1.39 bits per heavy atom. The predicted octanol–water partition coefficient (Wildman–Crippen LogP) is 0.638. The summed E-state index contributed by atoms with van der Waals surface area (Å²) in [6, 6.07) is 22.8. The zero-order chi connectivity index (χ0) is 103. The second-order valence-electron chi connectivity index (χ2n) is 36.1. The molecular weight excluding hydrogens is 1820 g/mol. The average molecular weight is 1950 g/mol. The van der Waals surface area contributed by atoms with E-state index >= 15 is 43.2 Å². The van der Waals surface area contributed by atoms with Crippen molar-refractivity contribution in [1.29, 1.82) is 5.41 Å². The number of aromatic amines is 1. The number of carboxylic acid groups (broad SMARTS) is 1. The minimum absolute atomic E-state index is 0.00364. The van der Waals surface area contributed by atoms with E-state index in [0.717, 1.165) is 20.9 Å². The molecule has 752 valence electrons. The molecule has 6 aromatic carbocycles. The van der Waals surface area contributed by atoms with E-state index in [2.05, 4.69) is 79.4 Å². The largest absolute Gasteiger partial charge is 0.508 e. The first kappa shape index (κ1) is 111. The highest BCUT2D eigenvalue weighted by Crippen LogP contribution is 2.25. The molecule has 23 N–H and O–H groups in total. The van der Waals surface area contributed by atoms with Crippen molar-refractivity contribution in [3.05, 3.63) is 198 Å². The number of aromatic nitrogens is 1. The van der Waals surface area contributed by atoms with Gasteiger partial charge < -0.3 is 116 Å². The molecule has 140 heavy (non-hydrogen) atoms. The molecule has 7 aromatic rings.